The van der Waals surface area contributed by atoms with E-state index < -0.39 is 0 Å². The van der Waals surface area contributed by atoms with Crippen molar-refractivity contribution in [2.45, 2.75) is 38.7 Å². The Hall–Kier alpha value is -3.33. The van der Waals surface area contributed by atoms with Gasteiger partial charge >= 0.3 is 0 Å². The smallest absolute Gasteiger partial charge is 0.166 e. The minimum absolute atomic E-state index is 0.145. The molecule has 0 radical (unpaired) electrons. The second kappa shape index (κ2) is 6.35. The number of hydrogen-bond acceptors (Lipinski definition) is 5. The van der Waals surface area contributed by atoms with Gasteiger partial charge in [0.2, 0.25) is 0 Å². The normalized spacial score (nSPS) is 22.1. The molecule has 1 aromatic carbocycles. The topological polar surface area (TPSA) is 89.8 Å². The van der Waals surface area contributed by atoms with Gasteiger partial charge in [-0.05, 0) is 55.7 Å². The van der Waals surface area contributed by atoms with Crippen molar-refractivity contribution in [1.82, 2.24) is 14.8 Å². The van der Waals surface area contributed by atoms with E-state index in [0.717, 1.165) is 29.7 Å². The van der Waals surface area contributed by atoms with E-state index >= 15 is 0 Å². The van der Waals surface area contributed by atoms with Crippen LogP contribution in [-0.4, -0.2) is 14.8 Å². The molecule has 6 heteroatoms. The molecular formula is C23H23N5O. The number of nitrogens with two attached hydrogens (primary N) is 1. The SMILES string of the molecule is Cc1ccc2c(c1)[C@@H](C)Oc1cc(cnc1N)-c1c(nn(C)c1C#N)CC1CC21. The number of nitrogens with zero attached hydrogens (tertiary/aromatic N) is 4. The maximum atomic E-state index is 9.73. The number of hydrogen-bond donors (Lipinski definition) is 1. The van der Waals surface area contributed by atoms with Gasteiger partial charge in [0, 0.05) is 24.4 Å². The fraction of sp³-hybridized carbons (Fsp3) is 0.348. The van der Waals surface area contributed by atoms with Crippen molar-refractivity contribution in [2.75, 3.05) is 5.73 Å². The Morgan fingerprint density at radius 3 is 2.90 bits per heavy atom. The lowest BCUT2D eigenvalue weighted by atomic mass is 9.94. The summed E-state index contributed by atoms with van der Waals surface area (Å²) in [5, 5.41) is 14.4. The van der Waals surface area contributed by atoms with Crippen molar-refractivity contribution in [1.29, 1.82) is 5.26 Å². The minimum Gasteiger partial charge on any atom is -0.482 e. The molecule has 3 heterocycles. The van der Waals surface area contributed by atoms with Crippen LogP contribution >= 0.6 is 0 Å². The third-order valence-electron chi connectivity index (χ3n) is 6.16. The third kappa shape index (κ3) is 2.85. The van der Waals surface area contributed by atoms with Gasteiger partial charge in [0.25, 0.3) is 0 Å². The molecule has 2 bridgehead atoms. The van der Waals surface area contributed by atoms with Crippen molar-refractivity contribution >= 4 is 5.82 Å². The minimum atomic E-state index is -0.145. The maximum Gasteiger partial charge on any atom is 0.166 e. The number of nitrogen functional groups attached to an aromatic ring is 1. The van der Waals surface area contributed by atoms with Gasteiger partial charge in [0.15, 0.2) is 11.6 Å². The Morgan fingerprint density at radius 1 is 1.28 bits per heavy atom. The van der Waals surface area contributed by atoms with E-state index in [4.69, 9.17) is 10.5 Å². The molecule has 0 saturated heterocycles. The summed E-state index contributed by atoms with van der Waals surface area (Å²) in [5.74, 6) is 1.89. The molecule has 1 aliphatic carbocycles. The number of rotatable bonds is 0. The first-order chi connectivity index (χ1) is 14.0. The zero-order valence-electron chi connectivity index (χ0n) is 16.8. The number of nitriles is 1. The van der Waals surface area contributed by atoms with Crippen LogP contribution in [0.5, 0.6) is 5.75 Å². The molecule has 2 aromatic heterocycles. The molecule has 146 valence electrons. The molecule has 6 nitrogen and oxygen atoms in total. The molecule has 2 aliphatic rings. The number of fused-ring (bicyclic) bond motifs is 7. The molecule has 1 aliphatic heterocycles. The molecule has 2 N–H and O–H groups in total. The predicted molar refractivity (Wildman–Crippen MR) is 110 cm³/mol. The van der Waals surface area contributed by atoms with Crippen LogP contribution in [0.4, 0.5) is 5.82 Å². The summed E-state index contributed by atoms with van der Waals surface area (Å²) in [6.07, 6.45) is 3.53. The van der Waals surface area contributed by atoms with E-state index in [9.17, 15) is 5.26 Å². The monoisotopic (exact) mass is 385 g/mol. The van der Waals surface area contributed by atoms with E-state index in [0.29, 0.717) is 29.1 Å². The molecular weight excluding hydrogens is 362 g/mol. The fourth-order valence-corrected chi connectivity index (χ4v) is 4.58. The Kier molecular flexibility index (Phi) is 3.88. The number of pyridine rings is 1. The van der Waals surface area contributed by atoms with Gasteiger partial charge in [-0.2, -0.15) is 10.4 Å². The lowest BCUT2D eigenvalue weighted by Crippen LogP contribution is -2.10. The van der Waals surface area contributed by atoms with E-state index in [1.54, 1.807) is 10.9 Å². The maximum absolute atomic E-state index is 9.73. The predicted octanol–water partition coefficient (Wildman–Crippen LogP) is 4.04. The van der Waals surface area contributed by atoms with Gasteiger partial charge < -0.3 is 10.5 Å². The van der Waals surface area contributed by atoms with Crippen LogP contribution in [0.15, 0.2) is 30.5 Å². The Bertz CT molecular complexity index is 1170. The summed E-state index contributed by atoms with van der Waals surface area (Å²) in [6.45, 7) is 4.16. The van der Waals surface area contributed by atoms with Crippen LogP contribution < -0.4 is 10.5 Å². The summed E-state index contributed by atoms with van der Waals surface area (Å²) in [7, 11) is 1.82. The van der Waals surface area contributed by atoms with Crippen molar-refractivity contribution < 1.29 is 4.74 Å². The quantitative estimate of drug-likeness (QED) is 0.631. The largest absolute Gasteiger partial charge is 0.482 e. The lowest BCUT2D eigenvalue weighted by Gasteiger charge is -2.21. The van der Waals surface area contributed by atoms with Crippen LogP contribution in [0, 0.1) is 24.2 Å². The van der Waals surface area contributed by atoms with Crippen molar-refractivity contribution in [3.63, 3.8) is 0 Å². The molecule has 29 heavy (non-hydrogen) atoms. The highest BCUT2D eigenvalue weighted by molar-refractivity contribution is 5.74. The summed E-state index contributed by atoms with van der Waals surface area (Å²) in [5.41, 5.74) is 13.0. The van der Waals surface area contributed by atoms with Crippen molar-refractivity contribution in [3.8, 4) is 22.9 Å². The van der Waals surface area contributed by atoms with E-state index in [2.05, 4.69) is 48.2 Å². The average molecular weight is 385 g/mol. The first-order valence-corrected chi connectivity index (χ1v) is 9.95. The van der Waals surface area contributed by atoms with Crippen LogP contribution in [0.1, 0.15) is 53.4 Å². The van der Waals surface area contributed by atoms with E-state index in [-0.39, 0.29) is 6.10 Å². The van der Waals surface area contributed by atoms with Crippen molar-refractivity contribution in [3.05, 3.63) is 58.5 Å². The number of anilines is 1. The fourth-order valence-electron chi connectivity index (χ4n) is 4.58. The van der Waals surface area contributed by atoms with Crippen LogP contribution in [0.3, 0.4) is 0 Å². The Labute approximate surface area is 169 Å². The first-order valence-electron chi connectivity index (χ1n) is 9.95. The number of ether oxygens (including phenoxy) is 1. The zero-order valence-corrected chi connectivity index (χ0v) is 16.8. The standard InChI is InChI=1S/C23H23N5O/c1-12-4-5-16-17(6-12)13(2)29-21-9-15(11-26-23(21)25)22-19(8-14-7-18(14)16)27-28(3)20(22)10-24/h4-6,9,11,13-14,18H,7-8H2,1-3H3,(H2,25,26)/t13-,14?,18?/m1/s1. The third-order valence-corrected chi connectivity index (χ3v) is 6.16. The lowest BCUT2D eigenvalue weighted by molar-refractivity contribution is 0.226. The summed E-state index contributed by atoms with van der Waals surface area (Å²) >= 11 is 0. The van der Waals surface area contributed by atoms with E-state index in [1.807, 2.05) is 13.1 Å². The first kappa shape index (κ1) is 17.7. The van der Waals surface area contributed by atoms with Crippen LogP contribution in [0.2, 0.25) is 0 Å². The van der Waals surface area contributed by atoms with Crippen LogP contribution in [-0.2, 0) is 13.5 Å². The summed E-state index contributed by atoms with van der Waals surface area (Å²) < 4.78 is 7.97. The number of benzene rings is 1. The molecule has 5 rings (SSSR count). The summed E-state index contributed by atoms with van der Waals surface area (Å²) in [6, 6.07) is 10.8. The molecule has 1 saturated carbocycles. The number of aromatic nitrogens is 3. The molecule has 1 fully saturated rings. The molecule has 0 spiro atoms. The van der Waals surface area contributed by atoms with Crippen molar-refractivity contribution in [2.24, 2.45) is 13.0 Å². The second-order valence-corrected chi connectivity index (χ2v) is 8.21. The number of aryl methyl sites for hydroxylation is 2. The highest BCUT2D eigenvalue weighted by Crippen LogP contribution is 2.52. The van der Waals surface area contributed by atoms with Gasteiger partial charge in [0.05, 0.1) is 5.69 Å². The van der Waals surface area contributed by atoms with E-state index in [1.165, 1.54) is 16.7 Å². The zero-order chi connectivity index (χ0) is 20.3. The Balaban J connectivity index is 1.72. The molecule has 3 atom stereocenters. The Morgan fingerprint density at radius 2 is 2.10 bits per heavy atom. The van der Waals surface area contributed by atoms with Crippen LogP contribution in [0.25, 0.3) is 11.1 Å². The van der Waals surface area contributed by atoms with Gasteiger partial charge in [-0.15, -0.1) is 0 Å². The highest BCUT2D eigenvalue weighted by atomic mass is 16.5. The summed E-state index contributed by atoms with van der Waals surface area (Å²) in [4.78, 5) is 4.36. The average Bonchev–Trinajstić information content (AvgIpc) is 3.37. The van der Waals surface area contributed by atoms with Gasteiger partial charge in [0.1, 0.15) is 17.9 Å². The highest BCUT2D eigenvalue weighted by Gasteiger charge is 2.41. The van der Waals surface area contributed by atoms with Gasteiger partial charge in [-0.3, -0.25) is 4.68 Å². The molecule has 2 unspecified atom stereocenters. The van der Waals surface area contributed by atoms with Gasteiger partial charge in [-0.1, -0.05) is 23.8 Å². The second-order valence-electron chi connectivity index (χ2n) is 8.21. The molecule has 0 amide bonds. The van der Waals surface area contributed by atoms with Gasteiger partial charge in [-0.25, -0.2) is 4.98 Å². The molecule has 3 aromatic rings.